The van der Waals surface area contributed by atoms with Gasteiger partial charge in [-0.15, -0.1) is 0 Å². The third kappa shape index (κ3) is 5.52. The first-order valence-electron chi connectivity index (χ1n) is 6.72. The van der Waals surface area contributed by atoms with Gasteiger partial charge in [0.25, 0.3) is 0 Å². The zero-order valence-electron chi connectivity index (χ0n) is 11.7. The van der Waals surface area contributed by atoms with E-state index in [2.05, 4.69) is 43.4 Å². The Bertz CT molecular complexity index is 324. The van der Waals surface area contributed by atoms with Crippen LogP contribution >= 0.6 is 0 Å². The number of ether oxygens (including phenoxy) is 2. The summed E-state index contributed by atoms with van der Waals surface area (Å²) in [5.74, 6) is 0. The highest BCUT2D eigenvalue weighted by Crippen LogP contribution is 2.14. The van der Waals surface area contributed by atoms with Crippen molar-refractivity contribution in [3.63, 3.8) is 0 Å². The molecule has 0 spiro atoms. The van der Waals surface area contributed by atoms with Crippen molar-refractivity contribution in [3.05, 3.63) is 29.8 Å². The largest absolute Gasteiger partial charge is 0.382 e. The zero-order valence-corrected chi connectivity index (χ0v) is 11.7. The van der Waals surface area contributed by atoms with Crippen LogP contribution in [0, 0.1) is 0 Å². The smallest absolute Gasteiger partial charge is 0.0718 e. The maximum Gasteiger partial charge on any atom is 0.0718 e. The lowest BCUT2D eigenvalue weighted by atomic mass is 10.1. The lowest BCUT2D eigenvalue weighted by molar-refractivity contribution is 0.0617. The van der Waals surface area contributed by atoms with Gasteiger partial charge in [0.2, 0.25) is 0 Å². The average molecular weight is 251 g/mol. The molecule has 0 atom stereocenters. The van der Waals surface area contributed by atoms with Gasteiger partial charge in [-0.25, -0.2) is 0 Å². The van der Waals surface area contributed by atoms with Gasteiger partial charge in [0, 0.05) is 18.8 Å². The van der Waals surface area contributed by atoms with Crippen LogP contribution in [0.25, 0.3) is 0 Å². The van der Waals surface area contributed by atoms with Gasteiger partial charge in [0.15, 0.2) is 0 Å². The van der Waals surface area contributed by atoms with Crippen LogP contribution in [0.1, 0.15) is 32.3 Å². The van der Waals surface area contributed by atoms with E-state index in [1.165, 1.54) is 11.3 Å². The summed E-state index contributed by atoms with van der Waals surface area (Å²) < 4.78 is 10.5. The van der Waals surface area contributed by atoms with Crippen LogP contribution in [0.5, 0.6) is 0 Å². The van der Waals surface area contributed by atoms with Gasteiger partial charge in [-0.05, 0) is 30.5 Å². The lowest BCUT2D eigenvalue weighted by Gasteiger charge is -2.16. The predicted molar refractivity (Wildman–Crippen MR) is 76.0 cm³/mol. The molecule has 102 valence electrons. The molecule has 0 unspecified atom stereocenters. The van der Waals surface area contributed by atoms with Crippen LogP contribution in [0.4, 0.5) is 5.69 Å². The molecule has 1 aromatic rings. The van der Waals surface area contributed by atoms with Crippen molar-refractivity contribution in [1.82, 2.24) is 0 Å². The predicted octanol–water partition coefficient (Wildman–Crippen LogP) is 3.45. The van der Waals surface area contributed by atoms with Crippen LogP contribution in [-0.2, 0) is 16.1 Å². The highest BCUT2D eigenvalue weighted by Gasteiger charge is 2.03. The van der Waals surface area contributed by atoms with Gasteiger partial charge in [0.05, 0.1) is 19.8 Å². The van der Waals surface area contributed by atoms with Crippen molar-refractivity contribution < 1.29 is 9.47 Å². The van der Waals surface area contributed by atoms with E-state index in [-0.39, 0.29) is 0 Å². The number of methoxy groups -OCH3 is 1. The zero-order chi connectivity index (χ0) is 13.2. The number of benzene rings is 1. The highest BCUT2D eigenvalue weighted by atomic mass is 16.5. The van der Waals surface area contributed by atoms with Gasteiger partial charge in [-0.1, -0.05) is 26.0 Å². The molecular weight excluding hydrogens is 226 g/mol. The quantitative estimate of drug-likeness (QED) is 0.682. The molecule has 1 N–H and O–H groups in total. The molecule has 0 saturated carbocycles. The van der Waals surface area contributed by atoms with E-state index in [4.69, 9.17) is 9.47 Å². The number of nitrogens with one attached hydrogen (secondary N) is 1. The van der Waals surface area contributed by atoms with Crippen molar-refractivity contribution in [2.45, 2.75) is 39.3 Å². The number of anilines is 1. The summed E-state index contributed by atoms with van der Waals surface area (Å²) >= 11 is 0. The molecule has 1 aromatic carbocycles. The fourth-order valence-electron chi connectivity index (χ4n) is 1.81. The summed E-state index contributed by atoms with van der Waals surface area (Å²) in [6.45, 7) is 6.34. The molecule has 0 amide bonds. The van der Waals surface area contributed by atoms with Gasteiger partial charge < -0.3 is 14.8 Å². The Morgan fingerprint density at radius 3 is 2.61 bits per heavy atom. The van der Waals surface area contributed by atoms with Gasteiger partial charge >= 0.3 is 0 Å². The minimum atomic E-state index is 0.551. The minimum absolute atomic E-state index is 0.551. The van der Waals surface area contributed by atoms with Gasteiger partial charge in [0.1, 0.15) is 0 Å². The summed E-state index contributed by atoms with van der Waals surface area (Å²) in [5, 5.41) is 3.54. The highest BCUT2D eigenvalue weighted by molar-refractivity contribution is 5.46. The molecule has 3 heteroatoms. The Hall–Kier alpha value is -1.06. The van der Waals surface area contributed by atoms with Crippen molar-refractivity contribution in [2.24, 2.45) is 0 Å². The molecule has 3 nitrogen and oxygen atoms in total. The average Bonchev–Trinajstić information content (AvgIpc) is 2.41. The summed E-state index contributed by atoms with van der Waals surface area (Å²) in [4.78, 5) is 0. The number of hydrogen-bond donors (Lipinski definition) is 1. The minimum Gasteiger partial charge on any atom is -0.382 e. The van der Waals surface area contributed by atoms with E-state index < -0.39 is 0 Å². The number of rotatable bonds is 9. The summed E-state index contributed by atoms with van der Waals surface area (Å²) in [6.07, 6.45) is 2.29. The maximum atomic E-state index is 5.52. The summed E-state index contributed by atoms with van der Waals surface area (Å²) in [5.41, 5.74) is 2.37. The molecule has 0 heterocycles. The second-order valence-corrected chi connectivity index (χ2v) is 4.40. The number of hydrogen-bond acceptors (Lipinski definition) is 3. The van der Waals surface area contributed by atoms with Crippen LogP contribution in [-0.4, -0.2) is 26.4 Å². The maximum absolute atomic E-state index is 5.52. The topological polar surface area (TPSA) is 30.5 Å². The van der Waals surface area contributed by atoms with E-state index in [0.717, 1.165) is 12.8 Å². The first-order chi connectivity index (χ1) is 8.80. The second kappa shape index (κ2) is 8.95. The molecule has 1 rings (SSSR count). The fraction of sp³-hybridized carbons (Fsp3) is 0.600. The van der Waals surface area contributed by atoms with Crippen molar-refractivity contribution >= 4 is 5.69 Å². The Morgan fingerprint density at radius 1 is 1.17 bits per heavy atom. The Balaban J connectivity index is 2.45. The van der Waals surface area contributed by atoms with Crippen LogP contribution in [0.3, 0.4) is 0 Å². The van der Waals surface area contributed by atoms with E-state index in [9.17, 15) is 0 Å². The monoisotopic (exact) mass is 251 g/mol. The molecule has 0 bridgehead atoms. The first-order valence-corrected chi connectivity index (χ1v) is 6.72. The molecule has 0 aliphatic heterocycles. The second-order valence-electron chi connectivity index (χ2n) is 4.40. The summed E-state index contributed by atoms with van der Waals surface area (Å²) in [6, 6.07) is 8.97. The molecule has 0 fully saturated rings. The van der Waals surface area contributed by atoms with Crippen molar-refractivity contribution in [1.29, 1.82) is 0 Å². The standard InChI is InChI=1S/C15H25NO2/c1-4-14(5-2)16-15-8-6-7-13(11-15)12-18-10-9-17-3/h6-8,11,14,16H,4-5,9-10,12H2,1-3H3. The van der Waals surface area contributed by atoms with Gasteiger partial charge in [-0.2, -0.15) is 0 Å². The summed E-state index contributed by atoms with van der Waals surface area (Å²) in [7, 11) is 1.68. The van der Waals surface area contributed by atoms with Crippen molar-refractivity contribution in [2.75, 3.05) is 25.6 Å². The van der Waals surface area contributed by atoms with E-state index in [1.54, 1.807) is 7.11 Å². The fourth-order valence-corrected chi connectivity index (χ4v) is 1.81. The molecule has 0 aliphatic rings. The Morgan fingerprint density at radius 2 is 1.94 bits per heavy atom. The molecule has 0 saturated heterocycles. The third-order valence-corrected chi connectivity index (χ3v) is 2.98. The molecule has 0 radical (unpaired) electrons. The van der Waals surface area contributed by atoms with Crippen molar-refractivity contribution in [3.8, 4) is 0 Å². The van der Waals surface area contributed by atoms with E-state index >= 15 is 0 Å². The molecule has 0 aromatic heterocycles. The van der Waals surface area contributed by atoms with Crippen LogP contribution in [0.15, 0.2) is 24.3 Å². The van der Waals surface area contributed by atoms with Gasteiger partial charge in [-0.3, -0.25) is 0 Å². The van der Waals surface area contributed by atoms with E-state index in [0.29, 0.717) is 25.9 Å². The van der Waals surface area contributed by atoms with Crippen LogP contribution < -0.4 is 5.32 Å². The first kappa shape index (κ1) is 15.0. The SMILES string of the molecule is CCC(CC)Nc1cccc(COCCOC)c1. The normalized spacial score (nSPS) is 10.9. The van der Waals surface area contributed by atoms with Crippen LogP contribution in [0.2, 0.25) is 0 Å². The van der Waals surface area contributed by atoms with E-state index in [1.807, 2.05) is 0 Å². The molecule has 0 aliphatic carbocycles. The lowest BCUT2D eigenvalue weighted by Crippen LogP contribution is -2.16. The Kier molecular flexibility index (Phi) is 7.46. The molecular formula is C15H25NO2. The molecule has 18 heavy (non-hydrogen) atoms. The third-order valence-electron chi connectivity index (χ3n) is 2.98. The Labute approximate surface area is 110 Å².